The lowest BCUT2D eigenvalue weighted by Crippen LogP contribution is -2.53. The molecule has 2 nitrogen and oxygen atoms in total. The van der Waals surface area contributed by atoms with E-state index in [9.17, 15) is 0 Å². The summed E-state index contributed by atoms with van der Waals surface area (Å²) in [5.41, 5.74) is 0.465. The molecule has 0 spiro atoms. The van der Waals surface area contributed by atoms with Gasteiger partial charge >= 0.3 is 0 Å². The molecule has 0 aromatic rings. The van der Waals surface area contributed by atoms with Gasteiger partial charge in [-0.3, -0.25) is 0 Å². The van der Waals surface area contributed by atoms with E-state index >= 15 is 0 Å². The maximum absolute atomic E-state index is 3.63. The second-order valence-corrected chi connectivity index (χ2v) is 8.48. The van der Waals surface area contributed by atoms with E-state index in [1.54, 1.807) is 0 Å². The second kappa shape index (κ2) is 6.82. The Kier molecular flexibility index (Phi) is 5.62. The van der Waals surface area contributed by atoms with E-state index in [1.807, 2.05) is 0 Å². The SMILES string of the molecule is CCC1CN(CC2CCCC(C)(C)C2NC)CCS1. The number of hydrogen-bond acceptors (Lipinski definition) is 3. The molecule has 112 valence electrons. The minimum Gasteiger partial charge on any atom is -0.316 e. The van der Waals surface area contributed by atoms with Crippen molar-refractivity contribution in [3.05, 3.63) is 0 Å². The Hall–Kier alpha value is 0.270. The van der Waals surface area contributed by atoms with Gasteiger partial charge in [0.25, 0.3) is 0 Å². The number of hydrogen-bond donors (Lipinski definition) is 1. The first-order chi connectivity index (χ1) is 9.06. The van der Waals surface area contributed by atoms with E-state index in [4.69, 9.17) is 0 Å². The topological polar surface area (TPSA) is 15.3 Å². The molecule has 1 heterocycles. The lowest BCUT2D eigenvalue weighted by Gasteiger charge is -2.46. The lowest BCUT2D eigenvalue weighted by molar-refractivity contribution is 0.0843. The molecule has 0 bridgehead atoms. The predicted molar refractivity (Wildman–Crippen MR) is 86.9 cm³/mol. The third-order valence-electron chi connectivity index (χ3n) is 5.19. The molecule has 1 saturated carbocycles. The molecule has 0 amide bonds. The van der Waals surface area contributed by atoms with Gasteiger partial charge in [-0.25, -0.2) is 0 Å². The second-order valence-electron chi connectivity index (χ2n) is 7.07. The molecule has 0 aromatic carbocycles. The highest BCUT2D eigenvalue weighted by Gasteiger charge is 2.38. The fourth-order valence-corrected chi connectivity index (χ4v) is 5.38. The van der Waals surface area contributed by atoms with Crippen LogP contribution in [-0.4, -0.2) is 48.6 Å². The molecule has 1 saturated heterocycles. The molecule has 3 heteroatoms. The first-order valence-electron chi connectivity index (χ1n) is 8.08. The van der Waals surface area contributed by atoms with Crippen molar-refractivity contribution in [2.75, 3.05) is 32.4 Å². The average Bonchev–Trinajstić information content (AvgIpc) is 2.38. The minimum absolute atomic E-state index is 0.465. The van der Waals surface area contributed by atoms with Crippen LogP contribution in [0.4, 0.5) is 0 Å². The highest BCUT2D eigenvalue weighted by atomic mass is 32.2. The lowest BCUT2D eigenvalue weighted by atomic mass is 9.68. The van der Waals surface area contributed by atoms with Crippen LogP contribution in [0.15, 0.2) is 0 Å². The fraction of sp³-hybridized carbons (Fsp3) is 1.00. The third kappa shape index (κ3) is 3.89. The zero-order valence-electron chi connectivity index (χ0n) is 13.2. The van der Waals surface area contributed by atoms with Crippen molar-refractivity contribution in [1.29, 1.82) is 0 Å². The van der Waals surface area contributed by atoms with E-state index < -0.39 is 0 Å². The van der Waals surface area contributed by atoms with Gasteiger partial charge in [-0.15, -0.1) is 0 Å². The van der Waals surface area contributed by atoms with Gasteiger partial charge in [-0.1, -0.05) is 27.2 Å². The molecular weight excluding hydrogens is 252 g/mol. The van der Waals surface area contributed by atoms with Crippen LogP contribution in [0.5, 0.6) is 0 Å². The van der Waals surface area contributed by atoms with Crippen molar-refractivity contribution in [1.82, 2.24) is 10.2 Å². The Morgan fingerprint density at radius 1 is 1.37 bits per heavy atom. The van der Waals surface area contributed by atoms with E-state index in [1.165, 1.54) is 51.1 Å². The number of thioether (sulfide) groups is 1. The van der Waals surface area contributed by atoms with Crippen molar-refractivity contribution in [3.8, 4) is 0 Å². The molecule has 1 N–H and O–H groups in total. The molecule has 2 rings (SSSR count). The molecular formula is C16H32N2S. The maximum atomic E-state index is 3.63. The third-order valence-corrected chi connectivity index (χ3v) is 6.56. The maximum Gasteiger partial charge on any atom is 0.0172 e. The van der Waals surface area contributed by atoms with Gasteiger partial charge in [0, 0.05) is 36.7 Å². The summed E-state index contributed by atoms with van der Waals surface area (Å²) < 4.78 is 0. The predicted octanol–water partition coefficient (Wildman–Crippen LogP) is 3.23. The van der Waals surface area contributed by atoms with Crippen LogP contribution >= 0.6 is 11.8 Å². The Morgan fingerprint density at radius 3 is 2.84 bits per heavy atom. The smallest absolute Gasteiger partial charge is 0.0172 e. The minimum atomic E-state index is 0.465. The molecule has 0 radical (unpaired) electrons. The van der Waals surface area contributed by atoms with E-state index in [0.29, 0.717) is 11.5 Å². The van der Waals surface area contributed by atoms with Crippen LogP contribution in [0.1, 0.15) is 46.5 Å². The van der Waals surface area contributed by atoms with Gasteiger partial charge < -0.3 is 10.2 Å². The van der Waals surface area contributed by atoms with Gasteiger partial charge in [-0.05, 0) is 37.6 Å². The van der Waals surface area contributed by atoms with Crippen molar-refractivity contribution in [3.63, 3.8) is 0 Å². The Labute approximate surface area is 124 Å². The van der Waals surface area contributed by atoms with Crippen LogP contribution in [-0.2, 0) is 0 Å². The summed E-state index contributed by atoms with van der Waals surface area (Å²) in [4.78, 5) is 2.74. The monoisotopic (exact) mass is 284 g/mol. The van der Waals surface area contributed by atoms with Crippen LogP contribution in [0.3, 0.4) is 0 Å². The molecule has 2 fully saturated rings. The van der Waals surface area contributed by atoms with Crippen molar-refractivity contribution >= 4 is 11.8 Å². The molecule has 3 unspecified atom stereocenters. The van der Waals surface area contributed by atoms with Gasteiger partial charge in [-0.2, -0.15) is 11.8 Å². The Morgan fingerprint density at radius 2 is 2.16 bits per heavy atom. The highest BCUT2D eigenvalue weighted by Crippen LogP contribution is 2.39. The van der Waals surface area contributed by atoms with Gasteiger partial charge in [0.05, 0.1) is 0 Å². The van der Waals surface area contributed by atoms with Gasteiger partial charge in [0.2, 0.25) is 0 Å². The van der Waals surface area contributed by atoms with Crippen molar-refractivity contribution in [2.24, 2.45) is 11.3 Å². The number of nitrogens with zero attached hydrogens (tertiary/aromatic N) is 1. The summed E-state index contributed by atoms with van der Waals surface area (Å²) in [6, 6.07) is 0.691. The normalized spacial score (nSPS) is 36.3. The van der Waals surface area contributed by atoms with Gasteiger partial charge in [0.1, 0.15) is 0 Å². The Bertz CT molecular complexity index is 280. The Balaban J connectivity index is 1.93. The summed E-state index contributed by atoms with van der Waals surface area (Å²) in [6.07, 6.45) is 5.53. The van der Waals surface area contributed by atoms with Crippen LogP contribution in [0.25, 0.3) is 0 Å². The van der Waals surface area contributed by atoms with Crippen LogP contribution in [0.2, 0.25) is 0 Å². The molecule has 0 aromatic heterocycles. The summed E-state index contributed by atoms with van der Waals surface area (Å²) in [7, 11) is 2.16. The fourth-order valence-electron chi connectivity index (χ4n) is 4.13. The first-order valence-corrected chi connectivity index (χ1v) is 9.13. The zero-order valence-corrected chi connectivity index (χ0v) is 14.1. The van der Waals surface area contributed by atoms with Crippen LogP contribution < -0.4 is 5.32 Å². The molecule has 1 aliphatic heterocycles. The largest absolute Gasteiger partial charge is 0.316 e. The van der Waals surface area contributed by atoms with Crippen molar-refractivity contribution < 1.29 is 0 Å². The summed E-state index contributed by atoms with van der Waals surface area (Å²) in [5.74, 6) is 2.17. The van der Waals surface area contributed by atoms with E-state index in [-0.39, 0.29) is 0 Å². The molecule has 1 aliphatic carbocycles. The average molecular weight is 285 g/mol. The first kappa shape index (κ1) is 15.7. The summed E-state index contributed by atoms with van der Waals surface area (Å²) >= 11 is 2.18. The molecule has 19 heavy (non-hydrogen) atoms. The van der Waals surface area contributed by atoms with E-state index in [2.05, 4.69) is 49.8 Å². The molecule has 2 aliphatic rings. The van der Waals surface area contributed by atoms with E-state index in [0.717, 1.165) is 11.2 Å². The van der Waals surface area contributed by atoms with Crippen molar-refractivity contribution in [2.45, 2.75) is 57.7 Å². The number of rotatable bonds is 4. The highest BCUT2D eigenvalue weighted by molar-refractivity contribution is 8.00. The van der Waals surface area contributed by atoms with Crippen LogP contribution in [0, 0.1) is 11.3 Å². The standard InChI is InChI=1S/C16H32N2S/c1-5-14-12-18(9-10-19-14)11-13-7-6-8-16(2,3)15(13)17-4/h13-15,17H,5-12H2,1-4H3. The van der Waals surface area contributed by atoms with Gasteiger partial charge in [0.15, 0.2) is 0 Å². The molecule has 3 atom stereocenters. The zero-order chi connectivity index (χ0) is 13.9. The summed E-state index contributed by atoms with van der Waals surface area (Å²) in [6.45, 7) is 11.2. The number of nitrogens with one attached hydrogen (secondary N) is 1. The summed E-state index contributed by atoms with van der Waals surface area (Å²) in [5, 5.41) is 4.50. The quantitative estimate of drug-likeness (QED) is 0.853.